The van der Waals surface area contributed by atoms with Crippen molar-refractivity contribution in [3.63, 3.8) is 0 Å². The van der Waals surface area contributed by atoms with Gasteiger partial charge in [0.05, 0.1) is 0 Å². The fourth-order valence-corrected chi connectivity index (χ4v) is 8.77. The molecule has 1 aromatic rings. The van der Waals surface area contributed by atoms with E-state index in [1.165, 1.54) is 87.0 Å². The average Bonchev–Trinajstić information content (AvgIpc) is 3.14. The smallest absolute Gasteiger partial charge is 0.227 e. The Bertz CT molecular complexity index is 744. The van der Waals surface area contributed by atoms with Crippen molar-refractivity contribution in [2.75, 3.05) is 10.9 Å². The maximum Gasteiger partial charge on any atom is 0.227 e. The Kier molecular flexibility index (Phi) is 3.86. The third-order valence-electron chi connectivity index (χ3n) is 8.94. The van der Waals surface area contributed by atoms with Gasteiger partial charge < -0.3 is 0 Å². The number of rotatable bonds is 4. The Hall–Kier alpha value is -1.50. The molecule has 1 heterocycles. The number of nitrogens with one attached hydrogen (secondary N) is 2. The summed E-state index contributed by atoms with van der Waals surface area (Å²) in [6, 6.07) is 0. The lowest BCUT2D eigenvalue weighted by molar-refractivity contribution is 0.108. The van der Waals surface area contributed by atoms with Gasteiger partial charge in [0, 0.05) is 11.4 Å². The lowest BCUT2D eigenvalue weighted by Crippen LogP contribution is -2.45. The molecule has 0 spiro atoms. The third kappa shape index (κ3) is 2.94. The molecule has 8 bridgehead atoms. The van der Waals surface area contributed by atoms with E-state index in [1.807, 2.05) is 0 Å². The number of aromatic nitrogens is 2. The molecule has 9 rings (SSSR count). The van der Waals surface area contributed by atoms with Gasteiger partial charge in [0.2, 0.25) is 10.3 Å². The van der Waals surface area contributed by atoms with Crippen LogP contribution in [0.2, 0.25) is 0 Å². The molecule has 0 amide bonds. The van der Waals surface area contributed by atoms with Crippen LogP contribution in [0.5, 0.6) is 0 Å². The van der Waals surface area contributed by atoms with E-state index in [0.29, 0.717) is 23.7 Å². The molecule has 8 aliphatic carbocycles. The summed E-state index contributed by atoms with van der Waals surface area (Å²) in [5, 5.41) is 19.8. The molecule has 0 aliphatic heterocycles. The van der Waals surface area contributed by atoms with E-state index in [9.17, 15) is 0 Å². The standard InChI is InChI=1S/C22H30N6S/c1-11-3-15-5-12(1)6-16(4-11)19(15)23-25-21-27-28-22(29-21)26-24-20-17-7-13-2-14(9-17)10-18(20)8-13/h11-18H,1-10H2,(H,25,27)(H,26,28). The van der Waals surface area contributed by atoms with E-state index in [0.717, 1.165) is 33.9 Å². The van der Waals surface area contributed by atoms with Crippen LogP contribution in [0, 0.1) is 47.3 Å². The van der Waals surface area contributed by atoms with Gasteiger partial charge in [0.15, 0.2) is 0 Å². The molecular formula is C22H30N6S. The van der Waals surface area contributed by atoms with Crippen LogP contribution in [0.1, 0.15) is 64.2 Å². The summed E-state index contributed by atoms with van der Waals surface area (Å²) in [5.74, 6) is 6.74. The molecule has 154 valence electrons. The first-order chi connectivity index (χ1) is 14.3. The molecule has 8 saturated carbocycles. The van der Waals surface area contributed by atoms with Gasteiger partial charge in [-0.3, -0.25) is 10.9 Å². The monoisotopic (exact) mass is 410 g/mol. The highest BCUT2D eigenvalue weighted by atomic mass is 32.1. The van der Waals surface area contributed by atoms with Gasteiger partial charge in [-0.1, -0.05) is 11.3 Å². The van der Waals surface area contributed by atoms with Crippen LogP contribution in [-0.4, -0.2) is 21.6 Å². The summed E-state index contributed by atoms with van der Waals surface area (Å²) >= 11 is 1.53. The summed E-state index contributed by atoms with van der Waals surface area (Å²) in [6.45, 7) is 0. The molecular weight excluding hydrogens is 380 g/mol. The van der Waals surface area contributed by atoms with Crippen molar-refractivity contribution in [3.8, 4) is 0 Å². The molecule has 7 heteroatoms. The molecule has 0 saturated heterocycles. The molecule has 0 atom stereocenters. The van der Waals surface area contributed by atoms with E-state index >= 15 is 0 Å². The van der Waals surface area contributed by atoms with Crippen LogP contribution in [0.3, 0.4) is 0 Å². The summed E-state index contributed by atoms with van der Waals surface area (Å²) in [7, 11) is 0. The van der Waals surface area contributed by atoms with Crippen molar-refractivity contribution in [2.24, 2.45) is 57.5 Å². The fraction of sp³-hybridized carbons (Fsp3) is 0.818. The van der Waals surface area contributed by atoms with Gasteiger partial charge in [-0.05, 0) is 112 Å². The second-order valence-electron chi connectivity index (χ2n) is 10.8. The summed E-state index contributed by atoms with van der Waals surface area (Å²) in [5.41, 5.74) is 9.28. The Labute approximate surface area is 176 Å². The largest absolute Gasteiger partial charge is 0.251 e. The minimum Gasteiger partial charge on any atom is -0.251 e. The Balaban J connectivity index is 1.02. The zero-order valence-corrected chi connectivity index (χ0v) is 17.7. The van der Waals surface area contributed by atoms with E-state index in [1.54, 1.807) is 0 Å². The van der Waals surface area contributed by atoms with Crippen LogP contribution < -0.4 is 10.9 Å². The minimum absolute atomic E-state index is 0.715. The Morgan fingerprint density at radius 3 is 1.24 bits per heavy atom. The van der Waals surface area contributed by atoms with Crippen LogP contribution in [0.25, 0.3) is 0 Å². The van der Waals surface area contributed by atoms with Gasteiger partial charge in [0.1, 0.15) is 0 Å². The van der Waals surface area contributed by atoms with Crippen molar-refractivity contribution in [2.45, 2.75) is 64.2 Å². The number of hydrogen-bond donors (Lipinski definition) is 2. The maximum atomic E-state index is 4.83. The van der Waals surface area contributed by atoms with Gasteiger partial charge in [-0.25, -0.2) is 0 Å². The normalized spacial score (nSPS) is 43.7. The van der Waals surface area contributed by atoms with Crippen molar-refractivity contribution in [1.29, 1.82) is 0 Å². The highest BCUT2D eigenvalue weighted by Gasteiger charge is 2.47. The molecule has 0 aromatic carbocycles. The van der Waals surface area contributed by atoms with Gasteiger partial charge >= 0.3 is 0 Å². The summed E-state index contributed by atoms with van der Waals surface area (Å²) in [6.07, 6.45) is 13.8. The van der Waals surface area contributed by atoms with Crippen molar-refractivity contribution in [3.05, 3.63) is 0 Å². The summed E-state index contributed by atoms with van der Waals surface area (Å²) < 4.78 is 0. The van der Waals surface area contributed by atoms with E-state index < -0.39 is 0 Å². The van der Waals surface area contributed by atoms with Crippen LogP contribution >= 0.6 is 11.3 Å². The topological polar surface area (TPSA) is 74.6 Å². The van der Waals surface area contributed by atoms with E-state index in [2.05, 4.69) is 21.0 Å². The van der Waals surface area contributed by atoms with Crippen molar-refractivity contribution in [1.82, 2.24) is 10.2 Å². The second kappa shape index (κ2) is 6.50. The first kappa shape index (κ1) is 17.2. The van der Waals surface area contributed by atoms with Crippen LogP contribution in [0.15, 0.2) is 10.2 Å². The fourth-order valence-electron chi connectivity index (χ4n) is 8.24. The molecule has 29 heavy (non-hydrogen) atoms. The molecule has 1 aromatic heterocycles. The zero-order chi connectivity index (χ0) is 18.9. The third-order valence-corrected chi connectivity index (χ3v) is 9.67. The first-order valence-electron chi connectivity index (χ1n) is 11.8. The zero-order valence-electron chi connectivity index (χ0n) is 16.9. The highest BCUT2D eigenvalue weighted by Crippen LogP contribution is 2.53. The lowest BCUT2D eigenvalue weighted by Gasteiger charge is -2.50. The van der Waals surface area contributed by atoms with Gasteiger partial charge in [-0.15, -0.1) is 10.2 Å². The second-order valence-corrected chi connectivity index (χ2v) is 11.8. The number of hydrogen-bond acceptors (Lipinski definition) is 7. The van der Waals surface area contributed by atoms with Crippen molar-refractivity contribution < 1.29 is 0 Å². The molecule has 0 unspecified atom stereocenters. The number of nitrogens with zero attached hydrogens (tertiary/aromatic N) is 4. The summed E-state index contributed by atoms with van der Waals surface area (Å²) in [4.78, 5) is 0. The highest BCUT2D eigenvalue weighted by molar-refractivity contribution is 7.19. The molecule has 8 aliphatic rings. The quantitative estimate of drug-likeness (QED) is 0.686. The van der Waals surface area contributed by atoms with Crippen molar-refractivity contribution >= 4 is 33.0 Å². The first-order valence-corrected chi connectivity index (χ1v) is 12.6. The minimum atomic E-state index is 0.715. The lowest BCUT2D eigenvalue weighted by atomic mass is 9.55. The maximum absolute atomic E-state index is 4.83. The molecule has 2 N–H and O–H groups in total. The van der Waals surface area contributed by atoms with Gasteiger partial charge in [0.25, 0.3) is 0 Å². The number of anilines is 2. The number of hydrazone groups is 2. The predicted octanol–water partition coefficient (Wildman–Crippen LogP) is 4.99. The van der Waals surface area contributed by atoms with Crippen LogP contribution in [-0.2, 0) is 0 Å². The van der Waals surface area contributed by atoms with E-state index in [4.69, 9.17) is 10.2 Å². The van der Waals surface area contributed by atoms with Gasteiger partial charge in [-0.2, -0.15) is 10.2 Å². The Morgan fingerprint density at radius 2 is 0.897 bits per heavy atom. The SMILES string of the molecule is C1C2CC3CC1CC(C2)C3=NNc1nnc(NN=C2C3CC4CC(C3)CC2C4)s1. The molecule has 6 nitrogen and oxygen atoms in total. The Morgan fingerprint density at radius 1 is 0.552 bits per heavy atom. The average molecular weight is 411 g/mol. The molecule has 0 radical (unpaired) electrons. The van der Waals surface area contributed by atoms with E-state index in [-0.39, 0.29) is 0 Å². The van der Waals surface area contributed by atoms with Crippen LogP contribution in [0.4, 0.5) is 10.3 Å². The predicted molar refractivity (Wildman–Crippen MR) is 116 cm³/mol. The molecule has 8 fully saturated rings.